The van der Waals surface area contributed by atoms with E-state index in [4.69, 9.17) is 9.72 Å². The smallest absolute Gasteiger partial charge is 0.262 e. The largest absolute Gasteiger partial charge is 0.468 e. The van der Waals surface area contributed by atoms with Crippen molar-refractivity contribution in [2.75, 3.05) is 0 Å². The van der Waals surface area contributed by atoms with E-state index in [1.165, 1.54) is 4.90 Å². The topological polar surface area (TPSA) is 110 Å². The first-order valence-electron chi connectivity index (χ1n) is 14.8. The summed E-state index contributed by atoms with van der Waals surface area (Å²) in [6, 6.07) is 26.9. The monoisotopic (exact) mass is 583 g/mol. The van der Waals surface area contributed by atoms with E-state index in [9.17, 15) is 14.7 Å². The molecule has 0 spiro atoms. The van der Waals surface area contributed by atoms with Gasteiger partial charge in [0.1, 0.15) is 11.5 Å². The third kappa shape index (κ3) is 3.79. The fourth-order valence-electron chi connectivity index (χ4n) is 7.11. The molecule has 1 aliphatic carbocycles. The Kier molecular flexibility index (Phi) is 5.67. The SMILES string of the molecule is CCc1nnc2n1-c1cc(-c3ccccc3)c(-c3ccc([C@]4(N5C(=O)c6ccccc6C5=O)C[C@@](C)(O)C4)cc3)nc1OC2. The third-order valence-corrected chi connectivity index (χ3v) is 9.01. The van der Waals surface area contributed by atoms with Crippen LogP contribution < -0.4 is 4.74 Å². The van der Waals surface area contributed by atoms with Crippen LogP contribution in [0.1, 0.15) is 64.6 Å². The highest BCUT2D eigenvalue weighted by molar-refractivity contribution is 6.22. The lowest BCUT2D eigenvalue weighted by Crippen LogP contribution is -2.63. The summed E-state index contributed by atoms with van der Waals surface area (Å²) in [5.74, 6) is 1.43. The minimum atomic E-state index is -0.996. The number of carbonyl (C=O) groups is 2. The van der Waals surface area contributed by atoms with E-state index in [0.29, 0.717) is 17.0 Å². The molecule has 0 saturated heterocycles. The molecular weight excluding hydrogens is 554 g/mol. The van der Waals surface area contributed by atoms with Gasteiger partial charge in [-0.15, -0.1) is 10.2 Å². The summed E-state index contributed by atoms with van der Waals surface area (Å²) in [6.45, 7) is 4.06. The number of fused-ring (bicyclic) bond motifs is 4. The summed E-state index contributed by atoms with van der Waals surface area (Å²) in [5, 5.41) is 19.5. The number of amides is 2. The first-order chi connectivity index (χ1) is 21.3. The second-order valence-corrected chi connectivity index (χ2v) is 12.0. The highest BCUT2D eigenvalue weighted by atomic mass is 16.5. The van der Waals surface area contributed by atoms with E-state index in [1.54, 1.807) is 31.2 Å². The lowest BCUT2D eigenvalue weighted by atomic mass is 9.61. The van der Waals surface area contributed by atoms with Gasteiger partial charge in [0, 0.05) is 30.4 Å². The molecule has 1 fully saturated rings. The zero-order valence-corrected chi connectivity index (χ0v) is 24.3. The van der Waals surface area contributed by atoms with Gasteiger partial charge in [0.15, 0.2) is 12.4 Å². The molecule has 2 aromatic heterocycles. The highest BCUT2D eigenvalue weighted by Gasteiger charge is 2.60. The van der Waals surface area contributed by atoms with Crippen LogP contribution in [0.15, 0.2) is 84.9 Å². The number of aliphatic hydroxyl groups is 1. The van der Waals surface area contributed by atoms with Crippen LogP contribution in [0.5, 0.6) is 5.88 Å². The summed E-state index contributed by atoms with van der Waals surface area (Å²) < 4.78 is 8.09. The van der Waals surface area contributed by atoms with Gasteiger partial charge in [0.25, 0.3) is 11.8 Å². The Morgan fingerprint density at radius 3 is 2.14 bits per heavy atom. The summed E-state index contributed by atoms with van der Waals surface area (Å²) in [4.78, 5) is 33.5. The Balaban J connectivity index is 1.24. The van der Waals surface area contributed by atoms with E-state index in [0.717, 1.165) is 51.7 Å². The van der Waals surface area contributed by atoms with Crippen molar-refractivity contribution >= 4 is 11.8 Å². The van der Waals surface area contributed by atoms with Crippen LogP contribution >= 0.6 is 0 Å². The molecule has 0 bridgehead atoms. The molecule has 9 heteroatoms. The minimum absolute atomic E-state index is 0.256. The van der Waals surface area contributed by atoms with Gasteiger partial charge < -0.3 is 9.84 Å². The Morgan fingerprint density at radius 2 is 1.50 bits per heavy atom. The van der Waals surface area contributed by atoms with Crippen molar-refractivity contribution < 1.29 is 19.4 Å². The molecule has 5 aromatic rings. The van der Waals surface area contributed by atoms with Crippen molar-refractivity contribution in [1.29, 1.82) is 0 Å². The molecule has 2 amide bonds. The molecule has 4 heterocycles. The molecule has 0 atom stereocenters. The molecule has 8 rings (SSSR count). The molecule has 1 saturated carbocycles. The Bertz CT molecular complexity index is 1920. The molecule has 3 aromatic carbocycles. The normalized spacial score (nSPS) is 21.8. The maximum Gasteiger partial charge on any atom is 0.262 e. The predicted molar refractivity (Wildman–Crippen MR) is 162 cm³/mol. The maximum atomic E-state index is 13.6. The van der Waals surface area contributed by atoms with Crippen LogP contribution in [0.3, 0.4) is 0 Å². The van der Waals surface area contributed by atoms with E-state index < -0.39 is 11.1 Å². The summed E-state index contributed by atoms with van der Waals surface area (Å²) >= 11 is 0. The molecule has 0 radical (unpaired) electrons. The molecule has 3 aliphatic rings. The van der Waals surface area contributed by atoms with Crippen LogP contribution in [-0.2, 0) is 18.6 Å². The first kappa shape index (κ1) is 26.5. The molecule has 2 aliphatic heterocycles. The number of pyridine rings is 1. The van der Waals surface area contributed by atoms with Gasteiger partial charge in [-0.2, -0.15) is 0 Å². The lowest BCUT2D eigenvalue weighted by molar-refractivity contribution is -0.118. The van der Waals surface area contributed by atoms with E-state index in [1.807, 2.05) is 66.1 Å². The van der Waals surface area contributed by atoms with Crippen LogP contribution in [-0.4, -0.2) is 47.2 Å². The molecule has 44 heavy (non-hydrogen) atoms. The summed E-state index contributed by atoms with van der Waals surface area (Å²) in [6.07, 6.45) is 1.23. The number of rotatable bonds is 5. The molecule has 218 valence electrons. The van der Waals surface area contributed by atoms with Gasteiger partial charge in [0.2, 0.25) is 5.88 Å². The number of aromatic nitrogens is 4. The van der Waals surface area contributed by atoms with Gasteiger partial charge in [-0.3, -0.25) is 19.1 Å². The number of hydrogen-bond acceptors (Lipinski definition) is 7. The second kappa shape index (κ2) is 9.42. The van der Waals surface area contributed by atoms with Gasteiger partial charge in [-0.25, -0.2) is 4.98 Å². The predicted octanol–water partition coefficient (Wildman–Crippen LogP) is 5.49. The van der Waals surface area contributed by atoms with Crippen molar-refractivity contribution in [3.8, 4) is 34.0 Å². The summed E-state index contributed by atoms with van der Waals surface area (Å²) in [5.41, 5.74) is 3.95. The van der Waals surface area contributed by atoms with E-state index in [2.05, 4.69) is 16.3 Å². The molecule has 0 unspecified atom stereocenters. The summed E-state index contributed by atoms with van der Waals surface area (Å²) in [7, 11) is 0. The number of ether oxygens (including phenoxy) is 1. The fraction of sp³-hybridized carbons (Fsp3) is 0.229. The number of benzene rings is 3. The van der Waals surface area contributed by atoms with Crippen molar-refractivity contribution in [2.45, 2.75) is 50.9 Å². The fourth-order valence-corrected chi connectivity index (χ4v) is 7.11. The Morgan fingerprint density at radius 1 is 0.841 bits per heavy atom. The number of imide groups is 1. The van der Waals surface area contributed by atoms with Crippen molar-refractivity contribution in [3.05, 3.63) is 113 Å². The van der Waals surface area contributed by atoms with E-state index in [-0.39, 0.29) is 31.3 Å². The maximum absolute atomic E-state index is 13.6. The van der Waals surface area contributed by atoms with Gasteiger partial charge in [0.05, 0.1) is 28.0 Å². The lowest BCUT2D eigenvalue weighted by Gasteiger charge is -2.55. The van der Waals surface area contributed by atoms with E-state index >= 15 is 0 Å². The Hall–Kier alpha value is -5.15. The van der Waals surface area contributed by atoms with Crippen LogP contribution in [0.4, 0.5) is 0 Å². The Labute approximate surface area is 253 Å². The molecule has 9 nitrogen and oxygen atoms in total. The zero-order chi connectivity index (χ0) is 30.2. The first-order valence-corrected chi connectivity index (χ1v) is 14.8. The van der Waals surface area contributed by atoms with Gasteiger partial charge in [-0.05, 0) is 36.2 Å². The van der Waals surface area contributed by atoms with Crippen LogP contribution in [0.2, 0.25) is 0 Å². The zero-order valence-electron chi connectivity index (χ0n) is 24.3. The third-order valence-electron chi connectivity index (χ3n) is 9.01. The average molecular weight is 584 g/mol. The van der Waals surface area contributed by atoms with Crippen LogP contribution in [0.25, 0.3) is 28.1 Å². The van der Waals surface area contributed by atoms with Crippen molar-refractivity contribution in [1.82, 2.24) is 24.6 Å². The number of hydrogen-bond donors (Lipinski definition) is 1. The number of nitrogens with zero attached hydrogens (tertiary/aromatic N) is 5. The van der Waals surface area contributed by atoms with Crippen LogP contribution in [0, 0.1) is 0 Å². The molecule has 1 N–H and O–H groups in total. The minimum Gasteiger partial charge on any atom is -0.468 e. The standard InChI is InChI=1S/C35H29N5O4/c1-3-28-37-38-29-18-44-31-27(39(28)29)17-26(21-9-5-4-6-10-21)30(36-31)22-13-15-23(16-14-22)35(19-34(2,43)20-35)40-32(41)24-11-7-8-12-25(24)33(40)42/h4-17,43H,3,18-20H2,1-2H3/t34-,35+. The quantitative estimate of drug-likeness (QED) is 0.273. The van der Waals surface area contributed by atoms with Gasteiger partial charge >= 0.3 is 0 Å². The molecular formula is C35H29N5O4. The average Bonchev–Trinajstić information content (AvgIpc) is 3.58. The van der Waals surface area contributed by atoms with Gasteiger partial charge in [-0.1, -0.05) is 73.7 Å². The van der Waals surface area contributed by atoms with Crippen molar-refractivity contribution in [3.63, 3.8) is 0 Å². The highest BCUT2D eigenvalue weighted by Crippen LogP contribution is 2.54. The number of carbonyl (C=O) groups excluding carboxylic acids is 2. The van der Waals surface area contributed by atoms with Crippen molar-refractivity contribution in [2.24, 2.45) is 0 Å². The number of aryl methyl sites for hydroxylation is 1. The second-order valence-electron chi connectivity index (χ2n) is 12.0.